The highest BCUT2D eigenvalue weighted by molar-refractivity contribution is 5.37. The molecule has 0 amide bonds. The average molecular weight is 313 g/mol. The van der Waals surface area contributed by atoms with Crippen molar-refractivity contribution in [1.29, 1.82) is 0 Å². The first-order chi connectivity index (χ1) is 10.8. The van der Waals surface area contributed by atoms with Crippen LogP contribution in [0.4, 0.5) is 0 Å². The fraction of sp³-hybridized carbons (Fsp3) is 0.947. The molecule has 3 nitrogen and oxygen atoms in total. The second kappa shape index (κ2) is 18.5. The molecule has 3 heteroatoms. The molecule has 0 aromatic heterocycles. The second-order valence-corrected chi connectivity index (χ2v) is 6.68. The van der Waals surface area contributed by atoms with Gasteiger partial charge >= 0.3 is 6.47 Å². The first kappa shape index (κ1) is 21.4. The normalized spacial score (nSPS) is 11.0. The van der Waals surface area contributed by atoms with E-state index >= 15 is 0 Å². The molecule has 0 aliphatic carbocycles. The van der Waals surface area contributed by atoms with Crippen molar-refractivity contribution in [3.8, 4) is 0 Å². The minimum atomic E-state index is 0.540. The van der Waals surface area contributed by atoms with Crippen LogP contribution in [0.5, 0.6) is 0 Å². The Bertz CT molecular complexity index is 219. The Kier molecular flexibility index (Phi) is 18.0. The fourth-order valence-electron chi connectivity index (χ4n) is 2.77. The zero-order valence-electron chi connectivity index (χ0n) is 15.1. The quantitative estimate of drug-likeness (QED) is 0.330. The molecule has 0 aromatic carbocycles. The highest BCUT2D eigenvalue weighted by Gasteiger charge is 1.95. The summed E-state index contributed by atoms with van der Waals surface area (Å²) in [5.41, 5.74) is 0. The monoisotopic (exact) mass is 312 g/mol. The van der Waals surface area contributed by atoms with E-state index in [0.29, 0.717) is 6.61 Å². The number of rotatable bonds is 18. The van der Waals surface area contributed by atoms with Crippen molar-refractivity contribution in [2.24, 2.45) is 0 Å². The van der Waals surface area contributed by atoms with Gasteiger partial charge in [0.05, 0.1) is 6.61 Å². The molecule has 0 saturated heterocycles. The lowest BCUT2D eigenvalue weighted by atomic mass is 10.0. The molecule has 0 saturated carbocycles. The Hall–Kier alpha value is -0.570. The molecule has 0 N–H and O–H groups in total. The van der Waals surface area contributed by atoms with Gasteiger partial charge in [-0.05, 0) is 33.5 Å². The molecule has 0 atom stereocenters. The van der Waals surface area contributed by atoms with Crippen LogP contribution in [0.2, 0.25) is 0 Å². The standard InChI is InChI=1S/C19H38NO2/c1-20(2)17-15-13-11-9-7-5-3-4-6-8-10-12-14-16-18-22-19-21/h3-18H2,1-2H3. The molecule has 1 radical (unpaired) electrons. The van der Waals surface area contributed by atoms with Crippen molar-refractivity contribution in [3.05, 3.63) is 0 Å². The summed E-state index contributed by atoms with van der Waals surface area (Å²) in [6.45, 7) is 3.25. The topological polar surface area (TPSA) is 29.5 Å². The summed E-state index contributed by atoms with van der Waals surface area (Å²) in [7, 11) is 4.31. The van der Waals surface area contributed by atoms with Crippen molar-refractivity contribution in [2.45, 2.75) is 89.9 Å². The second-order valence-electron chi connectivity index (χ2n) is 6.68. The van der Waals surface area contributed by atoms with Gasteiger partial charge in [-0.25, -0.2) is 4.79 Å². The lowest BCUT2D eigenvalue weighted by molar-refractivity contribution is 0.268. The molecule has 0 aliphatic rings. The first-order valence-corrected chi connectivity index (χ1v) is 9.41. The summed E-state index contributed by atoms with van der Waals surface area (Å²) in [6, 6.07) is 0. The maximum atomic E-state index is 9.83. The Morgan fingerprint density at radius 3 is 1.36 bits per heavy atom. The van der Waals surface area contributed by atoms with Gasteiger partial charge in [-0.2, -0.15) is 0 Å². The third kappa shape index (κ3) is 19.4. The average Bonchev–Trinajstić information content (AvgIpc) is 2.50. The maximum absolute atomic E-state index is 9.83. The Balaban J connectivity index is 2.95. The predicted molar refractivity (Wildman–Crippen MR) is 94.8 cm³/mol. The molecule has 0 rings (SSSR count). The van der Waals surface area contributed by atoms with E-state index in [1.54, 1.807) is 0 Å². The van der Waals surface area contributed by atoms with Crippen LogP contribution in [0.15, 0.2) is 0 Å². The van der Waals surface area contributed by atoms with Gasteiger partial charge in [-0.15, -0.1) is 0 Å². The molecular formula is C19H38NO2. The van der Waals surface area contributed by atoms with Crippen LogP contribution < -0.4 is 0 Å². The van der Waals surface area contributed by atoms with Crippen LogP contribution in [0.3, 0.4) is 0 Å². The fourth-order valence-corrected chi connectivity index (χ4v) is 2.77. The number of carbonyl (C=O) groups excluding carboxylic acids is 1. The molecule has 0 fully saturated rings. The number of ether oxygens (including phenoxy) is 1. The zero-order chi connectivity index (χ0) is 16.3. The van der Waals surface area contributed by atoms with Crippen LogP contribution >= 0.6 is 0 Å². The lowest BCUT2D eigenvalue weighted by Gasteiger charge is -2.08. The number of nitrogens with zero attached hydrogens (tertiary/aromatic N) is 1. The summed E-state index contributed by atoms with van der Waals surface area (Å²) >= 11 is 0. The van der Waals surface area contributed by atoms with Gasteiger partial charge in [0, 0.05) is 0 Å². The van der Waals surface area contributed by atoms with Gasteiger partial charge in [0.25, 0.3) is 0 Å². The molecule has 0 aliphatic heterocycles. The predicted octanol–water partition coefficient (Wildman–Crippen LogP) is 5.09. The number of unbranched alkanes of at least 4 members (excludes halogenated alkanes) is 13. The van der Waals surface area contributed by atoms with Crippen LogP contribution in [0.1, 0.15) is 89.9 Å². The molecule has 0 spiro atoms. The minimum Gasteiger partial charge on any atom is -0.457 e. The van der Waals surface area contributed by atoms with E-state index in [-0.39, 0.29) is 0 Å². The maximum Gasteiger partial charge on any atom is 0.417 e. The lowest BCUT2D eigenvalue weighted by Crippen LogP contribution is -2.12. The summed E-state index contributed by atoms with van der Waals surface area (Å²) in [4.78, 5) is 12.1. The van der Waals surface area contributed by atoms with Crippen LogP contribution in [-0.2, 0) is 9.53 Å². The van der Waals surface area contributed by atoms with Crippen LogP contribution in [-0.4, -0.2) is 38.6 Å². The SMILES string of the molecule is CN(C)CCCCCCCCCCCCCCCCO[C]=O. The van der Waals surface area contributed by atoms with Crippen molar-refractivity contribution in [3.63, 3.8) is 0 Å². The Morgan fingerprint density at radius 1 is 0.636 bits per heavy atom. The summed E-state index contributed by atoms with van der Waals surface area (Å²) in [5, 5.41) is 0. The van der Waals surface area contributed by atoms with Gasteiger partial charge < -0.3 is 9.64 Å². The van der Waals surface area contributed by atoms with Crippen molar-refractivity contribution >= 4 is 6.47 Å². The highest BCUT2D eigenvalue weighted by atomic mass is 16.5. The van der Waals surface area contributed by atoms with Crippen LogP contribution in [0.25, 0.3) is 0 Å². The molecular weight excluding hydrogens is 274 g/mol. The van der Waals surface area contributed by atoms with Gasteiger partial charge in [-0.1, -0.05) is 77.0 Å². The Labute approximate surface area is 138 Å². The van der Waals surface area contributed by atoms with E-state index in [1.165, 1.54) is 96.5 Å². The minimum absolute atomic E-state index is 0.540. The van der Waals surface area contributed by atoms with E-state index in [0.717, 1.165) is 6.42 Å². The molecule has 131 valence electrons. The number of hydrogen-bond acceptors (Lipinski definition) is 3. The van der Waals surface area contributed by atoms with Crippen molar-refractivity contribution in [1.82, 2.24) is 4.90 Å². The summed E-state index contributed by atoms with van der Waals surface area (Å²) < 4.78 is 4.55. The Morgan fingerprint density at radius 2 is 1.00 bits per heavy atom. The zero-order valence-corrected chi connectivity index (χ0v) is 15.1. The number of hydrogen-bond donors (Lipinski definition) is 0. The van der Waals surface area contributed by atoms with Gasteiger partial charge in [-0.3, -0.25) is 0 Å². The molecule has 0 unspecified atom stereocenters. The van der Waals surface area contributed by atoms with Gasteiger partial charge in [0.2, 0.25) is 0 Å². The van der Waals surface area contributed by atoms with E-state index in [2.05, 4.69) is 23.7 Å². The van der Waals surface area contributed by atoms with Crippen molar-refractivity contribution in [2.75, 3.05) is 27.2 Å². The van der Waals surface area contributed by atoms with E-state index < -0.39 is 0 Å². The third-order valence-electron chi connectivity index (χ3n) is 4.16. The molecule has 0 heterocycles. The van der Waals surface area contributed by atoms with E-state index in [4.69, 9.17) is 0 Å². The van der Waals surface area contributed by atoms with Gasteiger partial charge in [0.1, 0.15) is 0 Å². The summed E-state index contributed by atoms with van der Waals surface area (Å²) in [5.74, 6) is 0. The first-order valence-electron chi connectivity index (χ1n) is 9.41. The van der Waals surface area contributed by atoms with Crippen molar-refractivity contribution < 1.29 is 9.53 Å². The van der Waals surface area contributed by atoms with E-state index in [1.807, 2.05) is 0 Å². The van der Waals surface area contributed by atoms with E-state index in [9.17, 15) is 4.79 Å². The molecule has 0 bridgehead atoms. The van der Waals surface area contributed by atoms with Crippen LogP contribution in [0, 0.1) is 0 Å². The smallest absolute Gasteiger partial charge is 0.417 e. The van der Waals surface area contributed by atoms with Gasteiger partial charge in [0.15, 0.2) is 0 Å². The molecule has 22 heavy (non-hydrogen) atoms. The molecule has 0 aromatic rings. The third-order valence-corrected chi connectivity index (χ3v) is 4.16. The largest absolute Gasteiger partial charge is 0.457 e. The summed E-state index contributed by atoms with van der Waals surface area (Å²) in [6.07, 6.45) is 18.8. The highest BCUT2D eigenvalue weighted by Crippen LogP contribution is 2.13.